The first-order valence-electron chi connectivity index (χ1n) is 10.9. The molecule has 2 N–H and O–H groups in total. The highest BCUT2D eigenvalue weighted by Gasteiger charge is 2.19. The van der Waals surface area contributed by atoms with Gasteiger partial charge in [-0.05, 0) is 36.8 Å². The van der Waals surface area contributed by atoms with Crippen LogP contribution in [0.1, 0.15) is 12.5 Å². The molecule has 0 aliphatic rings. The third-order valence-electron chi connectivity index (χ3n) is 5.34. The maximum absolute atomic E-state index is 14.1. The Morgan fingerprint density at radius 1 is 1.29 bits per heavy atom. The molecule has 1 aromatic carbocycles. The van der Waals surface area contributed by atoms with Crippen molar-refractivity contribution in [3.8, 4) is 17.1 Å². The lowest BCUT2D eigenvalue weighted by Gasteiger charge is -2.12. The molecule has 0 aliphatic heterocycles. The molecule has 0 aliphatic carbocycles. The molecular weight excluding hydrogens is 453 g/mol. The summed E-state index contributed by atoms with van der Waals surface area (Å²) in [5.41, 5.74) is 3.34. The van der Waals surface area contributed by atoms with Crippen LogP contribution in [0.25, 0.3) is 33.5 Å². The van der Waals surface area contributed by atoms with Crippen LogP contribution in [0.5, 0.6) is 5.75 Å². The second-order valence-corrected chi connectivity index (χ2v) is 8.02. The molecule has 0 radical (unpaired) electrons. The van der Waals surface area contributed by atoms with Crippen LogP contribution in [0.3, 0.4) is 0 Å². The highest BCUT2D eigenvalue weighted by molar-refractivity contribution is 5.94. The van der Waals surface area contributed by atoms with E-state index in [4.69, 9.17) is 14.6 Å². The van der Waals surface area contributed by atoms with E-state index in [1.165, 1.54) is 18.3 Å². The van der Waals surface area contributed by atoms with Crippen molar-refractivity contribution in [2.45, 2.75) is 19.5 Å². The van der Waals surface area contributed by atoms with Crippen molar-refractivity contribution in [2.75, 3.05) is 13.7 Å². The van der Waals surface area contributed by atoms with Crippen LogP contribution >= 0.6 is 0 Å². The number of methoxy groups -OCH3 is 1. The molecule has 1 atom stereocenters. The van der Waals surface area contributed by atoms with Crippen LogP contribution < -0.4 is 10.1 Å². The summed E-state index contributed by atoms with van der Waals surface area (Å²) in [7, 11) is 1.55. The highest BCUT2D eigenvalue weighted by Crippen LogP contribution is 2.30. The van der Waals surface area contributed by atoms with Crippen LogP contribution in [0.15, 0.2) is 55.1 Å². The number of hydrogen-bond acceptors (Lipinski definition) is 7. The predicted octanol–water partition coefficient (Wildman–Crippen LogP) is 3.68. The summed E-state index contributed by atoms with van der Waals surface area (Å²) < 4.78 is 26.3. The number of nitrogens with zero attached hydrogens (tertiary/aromatic N) is 5. The van der Waals surface area contributed by atoms with Gasteiger partial charge in [-0.3, -0.25) is 9.67 Å². The van der Waals surface area contributed by atoms with Crippen LogP contribution in [0.4, 0.5) is 9.18 Å². The Kier molecular flexibility index (Phi) is 6.06. The van der Waals surface area contributed by atoms with Crippen molar-refractivity contribution >= 4 is 28.2 Å². The van der Waals surface area contributed by atoms with Crippen LogP contribution in [0.2, 0.25) is 0 Å². The third-order valence-corrected chi connectivity index (χ3v) is 5.34. The van der Waals surface area contributed by atoms with E-state index in [0.717, 1.165) is 5.56 Å². The van der Waals surface area contributed by atoms with Gasteiger partial charge in [-0.1, -0.05) is 6.07 Å². The average molecular weight is 475 g/mol. The lowest BCUT2D eigenvalue weighted by Crippen LogP contribution is -2.37. The van der Waals surface area contributed by atoms with Crippen molar-refractivity contribution < 1.29 is 18.7 Å². The second-order valence-electron chi connectivity index (χ2n) is 8.02. The van der Waals surface area contributed by atoms with E-state index in [0.29, 0.717) is 46.6 Å². The van der Waals surface area contributed by atoms with Gasteiger partial charge >= 0.3 is 6.09 Å². The van der Waals surface area contributed by atoms with Crippen molar-refractivity contribution in [2.24, 2.45) is 0 Å². The zero-order valence-corrected chi connectivity index (χ0v) is 19.0. The lowest BCUT2D eigenvalue weighted by molar-refractivity contribution is 0.159. The van der Waals surface area contributed by atoms with Crippen molar-refractivity contribution in [3.63, 3.8) is 0 Å². The lowest BCUT2D eigenvalue weighted by atomic mass is 10.1. The fraction of sp³-hybridized carbons (Fsp3) is 0.208. The first-order valence-corrected chi connectivity index (χ1v) is 10.9. The summed E-state index contributed by atoms with van der Waals surface area (Å²) in [5, 5.41) is 8.11. The molecule has 35 heavy (non-hydrogen) atoms. The number of rotatable bonds is 7. The second kappa shape index (κ2) is 9.47. The SMILES string of the molecule is COC[C@H](C)NC(=O)Oc1c[nH]c2ncc(-c3nn(Cc4cccnc4)c4cc(F)ccc34)nc12. The summed E-state index contributed by atoms with van der Waals surface area (Å²) in [6.07, 6.45) is 5.88. The van der Waals surface area contributed by atoms with Gasteiger partial charge in [0.05, 0.1) is 30.9 Å². The number of aromatic nitrogens is 6. The number of ether oxygens (including phenoxy) is 2. The normalized spacial score (nSPS) is 12.2. The molecule has 5 rings (SSSR count). The molecule has 0 fully saturated rings. The highest BCUT2D eigenvalue weighted by atomic mass is 19.1. The van der Waals surface area contributed by atoms with E-state index >= 15 is 0 Å². The molecular formula is C24H22FN7O3. The topological polar surface area (TPSA) is 120 Å². The Labute approximate surface area is 199 Å². The van der Waals surface area contributed by atoms with Gasteiger partial charge in [0, 0.05) is 31.1 Å². The minimum Gasteiger partial charge on any atom is -0.406 e. The number of nitrogens with one attached hydrogen (secondary N) is 2. The van der Waals surface area contributed by atoms with Gasteiger partial charge in [-0.25, -0.2) is 19.2 Å². The largest absolute Gasteiger partial charge is 0.413 e. The summed E-state index contributed by atoms with van der Waals surface area (Å²) in [6, 6.07) is 8.01. The minimum absolute atomic E-state index is 0.224. The Morgan fingerprint density at radius 3 is 2.97 bits per heavy atom. The number of benzene rings is 1. The Balaban J connectivity index is 1.51. The first kappa shape index (κ1) is 22.4. The standard InChI is InChI=1S/C24H22FN7O3/c1-14(13-34-2)29-24(33)35-20-11-28-23-22(20)30-18(10-27-23)21-17-6-5-16(25)8-19(17)32(31-21)12-15-4-3-7-26-9-15/h3-11,14H,12-13H2,1-2H3,(H,27,28)(H,29,33)/t14-/m0/s1. The Bertz CT molecular complexity index is 1500. The maximum Gasteiger partial charge on any atom is 0.413 e. The fourth-order valence-corrected chi connectivity index (χ4v) is 3.80. The predicted molar refractivity (Wildman–Crippen MR) is 126 cm³/mol. The monoisotopic (exact) mass is 475 g/mol. The molecule has 0 saturated carbocycles. The van der Waals surface area contributed by atoms with Gasteiger partial charge in [0.25, 0.3) is 0 Å². The number of H-pyrrole nitrogens is 1. The molecule has 5 aromatic rings. The molecule has 0 unspecified atom stereocenters. The zero-order valence-electron chi connectivity index (χ0n) is 19.0. The zero-order chi connectivity index (χ0) is 24.4. The number of aromatic amines is 1. The fourth-order valence-electron chi connectivity index (χ4n) is 3.80. The number of fused-ring (bicyclic) bond motifs is 2. The van der Waals surface area contributed by atoms with Gasteiger partial charge in [-0.15, -0.1) is 0 Å². The smallest absolute Gasteiger partial charge is 0.406 e. The molecule has 10 nitrogen and oxygen atoms in total. The van der Waals surface area contributed by atoms with E-state index in [-0.39, 0.29) is 17.6 Å². The number of halogens is 1. The minimum atomic E-state index is -0.635. The molecule has 11 heteroatoms. The molecule has 0 bridgehead atoms. The van der Waals surface area contributed by atoms with E-state index in [1.807, 2.05) is 12.1 Å². The van der Waals surface area contributed by atoms with Crippen LogP contribution in [-0.2, 0) is 11.3 Å². The van der Waals surface area contributed by atoms with Gasteiger partial charge in [-0.2, -0.15) is 5.10 Å². The van der Waals surface area contributed by atoms with Gasteiger partial charge in [0.2, 0.25) is 0 Å². The number of carbonyl (C=O) groups is 1. The molecule has 0 spiro atoms. The summed E-state index contributed by atoms with van der Waals surface area (Å²) >= 11 is 0. The molecule has 178 valence electrons. The average Bonchev–Trinajstić information content (AvgIpc) is 3.40. The van der Waals surface area contributed by atoms with Crippen molar-refractivity contribution in [1.29, 1.82) is 0 Å². The van der Waals surface area contributed by atoms with Crippen LogP contribution in [-0.4, -0.2) is 55.6 Å². The van der Waals surface area contributed by atoms with E-state index < -0.39 is 6.09 Å². The number of carbonyl (C=O) groups excluding carboxylic acids is 1. The molecule has 0 saturated heterocycles. The molecule has 4 aromatic heterocycles. The van der Waals surface area contributed by atoms with Gasteiger partial charge < -0.3 is 19.8 Å². The summed E-state index contributed by atoms with van der Waals surface area (Å²) in [5.74, 6) is -0.144. The summed E-state index contributed by atoms with van der Waals surface area (Å²) in [6.45, 7) is 2.55. The maximum atomic E-state index is 14.1. The summed E-state index contributed by atoms with van der Waals surface area (Å²) in [4.78, 5) is 28.4. The van der Waals surface area contributed by atoms with Gasteiger partial charge in [0.15, 0.2) is 16.9 Å². The first-order chi connectivity index (χ1) is 17.0. The van der Waals surface area contributed by atoms with Gasteiger partial charge in [0.1, 0.15) is 17.2 Å². The Hall–Kier alpha value is -4.38. The number of amides is 1. The quantitative estimate of drug-likeness (QED) is 0.368. The van der Waals surface area contributed by atoms with Crippen LogP contribution in [0, 0.1) is 5.82 Å². The van der Waals surface area contributed by atoms with Crippen molar-refractivity contribution in [3.05, 3.63) is 66.5 Å². The number of hydrogen-bond donors (Lipinski definition) is 2. The Morgan fingerprint density at radius 2 is 2.17 bits per heavy atom. The van der Waals surface area contributed by atoms with Crippen molar-refractivity contribution in [1.82, 2.24) is 35.0 Å². The van der Waals surface area contributed by atoms with E-state index in [9.17, 15) is 9.18 Å². The molecule has 4 heterocycles. The third kappa shape index (κ3) is 4.66. The molecule has 1 amide bonds. The van der Waals surface area contributed by atoms with E-state index in [2.05, 4.69) is 25.3 Å². The van der Waals surface area contributed by atoms with E-state index in [1.54, 1.807) is 43.4 Å². The number of pyridine rings is 1.